The Morgan fingerprint density at radius 2 is 2.15 bits per heavy atom. The molecular formula is C22H24FN3O. The Bertz CT molecular complexity index is 905. The summed E-state index contributed by atoms with van der Waals surface area (Å²) in [5.74, 6) is 1.12. The highest BCUT2D eigenvalue weighted by Gasteiger charge is 2.24. The third kappa shape index (κ3) is 4.19. The number of aromatic nitrogens is 2. The summed E-state index contributed by atoms with van der Waals surface area (Å²) >= 11 is 0. The lowest BCUT2D eigenvalue weighted by atomic mass is 9.89. The third-order valence-corrected chi connectivity index (χ3v) is 5.21. The molecule has 3 aromatic rings. The van der Waals surface area contributed by atoms with Crippen molar-refractivity contribution in [3.63, 3.8) is 0 Å². The first-order valence-electron chi connectivity index (χ1n) is 9.41. The molecule has 0 unspecified atom stereocenters. The van der Waals surface area contributed by atoms with E-state index < -0.39 is 0 Å². The number of nitrogens with one attached hydrogen (secondary N) is 1. The van der Waals surface area contributed by atoms with Crippen LogP contribution in [-0.4, -0.2) is 34.7 Å². The molecule has 2 aromatic heterocycles. The summed E-state index contributed by atoms with van der Waals surface area (Å²) in [5, 5.41) is 7.40. The van der Waals surface area contributed by atoms with E-state index >= 15 is 0 Å². The van der Waals surface area contributed by atoms with Gasteiger partial charge in [-0.15, -0.1) is 0 Å². The van der Waals surface area contributed by atoms with Crippen LogP contribution in [0.2, 0.25) is 0 Å². The highest BCUT2D eigenvalue weighted by atomic mass is 19.1. The summed E-state index contributed by atoms with van der Waals surface area (Å²) in [4.78, 5) is 2.48. The first-order valence-corrected chi connectivity index (χ1v) is 9.41. The topological polar surface area (TPSA) is 45.1 Å². The van der Waals surface area contributed by atoms with Crippen molar-refractivity contribution in [1.29, 1.82) is 0 Å². The Kier molecular flexibility index (Phi) is 5.21. The second-order valence-corrected chi connectivity index (χ2v) is 7.26. The molecular weight excluding hydrogens is 341 g/mol. The number of piperidine rings is 1. The minimum atomic E-state index is -0.215. The van der Waals surface area contributed by atoms with Crippen LogP contribution in [-0.2, 0) is 0 Å². The molecule has 1 aliphatic rings. The van der Waals surface area contributed by atoms with Crippen LogP contribution < -0.4 is 0 Å². The maximum absolute atomic E-state index is 13.6. The van der Waals surface area contributed by atoms with Crippen LogP contribution in [0.4, 0.5) is 4.39 Å². The summed E-state index contributed by atoms with van der Waals surface area (Å²) in [6.07, 6.45) is 7.75. The van der Waals surface area contributed by atoms with E-state index in [9.17, 15) is 4.39 Å². The second-order valence-electron chi connectivity index (χ2n) is 7.26. The molecule has 1 fully saturated rings. The summed E-state index contributed by atoms with van der Waals surface area (Å²) in [5.41, 5.74) is 4.33. The lowest BCUT2D eigenvalue weighted by Crippen LogP contribution is -2.34. The van der Waals surface area contributed by atoms with Crippen LogP contribution in [0.15, 0.2) is 58.8 Å². The molecule has 0 spiro atoms. The number of nitrogens with zero attached hydrogens (tertiary/aromatic N) is 2. The Morgan fingerprint density at radius 3 is 2.89 bits per heavy atom. The van der Waals surface area contributed by atoms with Gasteiger partial charge in [-0.25, -0.2) is 4.39 Å². The van der Waals surface area contributed by atoms with Gasteiger partial charge in [-0.2, -0.15) is 5.10 Å². The number of hydrogen-bond donors (Lipinski definition) is 1. The average Bonchev–Trinajstić information content (AvgIpc) is 3.34. The monoisotopic (exact) mass is 365 g/mol. The normalized spacial score (nSPS) is 16.7. The van der Waals surface area contributed by atoms with Crippen molar-refractivity contribution in [2.24, 2.45) is 0 Å². The van der Waals surface area contributed by atoms with Crippen LogP contribution in [0.3, 0.4) is 0 Å². The van der Waals surface area contributed by atoms with Gasteiger partial charge in [0.1, 0.15) is 11.6 Å². The fourth-order valence-corrected chi connectivity index (χ4v) is 3.89. The minimum absolute atomic E-state index is 0.215. The van der Waals surface area contributed by atoms with Crippen LogP contribution in [0, 0.1) is 5.82 Å². The molecule has 5 heteroatoms. The molecule has 4 nitrogen and oxygen atoms in total. The number of likely N-dealkylation sites (tertiary alicyclic amines) is 1. The Hall–Kier alpha value is -2.66. The first kappa shape index (κ1) is 17.7. The molecule has 3 heterocycles. The number of rotatable bonds is 5. The van der Waals surface area contributed by atoms with E-state index in [1.807, 2.05) is 24.4 Å². The van der Waals surface area contributed by atoms with Gasteiger partial charge in [-0.3, -0.25) is 10.00 Å². The molecule has 0 saturated carbocycles. The molecule has 0 aliphatic carbocycles. The Morgan fingerprint density at radius 1 is 1.30 bits per heavy atom. The summed E-state index contributed by atoms with van der Waals surface area (Å²) in [6.45, 7) is 5.17. The lowest BCUT2D eigenvalue weighted by molar-refractivity contribution is 0.227. The molecule has 140 valence electrons. The van der Waals surface area contributed by atoms with E-state index in [-0.39, 0.29) is 5.82 Å². The highest BCUT2D eigenvalue weighted by molar-refractivity contribution is 5.65. The van der Waals surface area contributed by atoms with Crippen molar-refractivity contribution >= 4 is 6.08 Å². The van der Waals surface area contributed by atoms with Gasteiger partial charge in [-0.05, 0) is 68.8 Å². The lowest BCUT2D eigenvalue weighted by Gasteiger charge is -2.32. The third-order valence-electron chi connectivity index (χ3n) is 5.21. The van der Waals surface area contributed by atoms with Crippen LogP contribution in [0.5, 0.6) is 0 Å². The van der Waals surface area contributed by atoms with Gasteiger partial charge in [-0.1, -0.05) is 17.7 Å². The number of furan rings is 1. The molecule has 27 heavy (non-hydrogen) atoms. The van der Waals surface area contributed by atoms with Gasteiger partial charge >= 0.3 is 0 Å². The largest absolute Gasteiger partial charge is 0.465 e. The standard InChI is InChI=1S/C22H24FN3O/c1-16(12-20-6-3-11-27-20)15-26-9-7-17(8-10-26)22-21(14-24-25-22)18-4-2-5-19(23)13-18/h2-6,11-14,17H,7-10,15H2,1H3,(H,24,25). The van der Waals surface area contributed by atoms with Crippen molar-refractivity contribution in [1.82, 2.24) is 15.1 Å². The van der Waals surface area contributed by atoms with Crippen molar-refractivity contribution in [2.45, 2.75) is 25.7 Å². The molecule has 0 atom stereocenters. The van der Waals surface area contributed by atoms with E-state index in [1.54, 1.807) is 18.4 Å². The molecule has 0 bridgehead atoms. The summed E-state index contributed by atoms with van der Waals surface area (Å²) < 4.78 is 19.0. The van der Waals surface area contributed by atoms with Crippen molar-refractivity contribution < 1.29 is 8.81 Å². The van der Waals surface area contributed by atoms with E-state index in [4.69, 9.17) is 4.42 Å². The molecule has 0 radical (unpaired) electrons. The van der Waals surface area contributed by atoms with Crippen LogP contribution in [0.25, 0.3) is 17.2 Å². The van der Waals surface area contributed by atoms with E-state index in [0.717, 1.165) is 55.1 Å². The van der Waals surface area contributed by atoms with Gasteiger partial charge in [0.15, 0.2) is 0 Å². The molecule has 4 rings (SSSR count). The van der Waals surface area contributed by atoms with E-state index in [1.165, 1.54) is 11.6 Å². The molecule has 0 amide bonds. The van der Waals surface area contributed by atoms with Gasteiger partial charge in [0.05, 0.1) is 12.5 Å². The summed E-state index contributed by atoms with van der Waals surface area (Å²) in [7, 11) is 0. The minimum Gasteiger partial charge on any atom is -0.465 e. The second kappa shape index (κ2) is 7.92. The summed E-state index contributed by atoms with van der Waals surface area (Å²) in [6, 6.07) is 10.6. The van der Waals surface area contributed by atoms with Crippen molar-refractivity contribution in [3.05, 3.63) is 71.7 Å². The predicted octanol–water partition coefficient (Wildman–Crippen LogP) is 5.09. The molecule has 1 aromatic carbocycles. The predicted molar refractivity (Wildman–Crippen MR) is 105 cm³/mol. The smallest absolute Gasteiger partial charge is 0.126 e. The molecule has 1 N–H and O–H groups in total. The van der Waals surface area contributed by atoms with Gasteiger partial charge < -0.3 is 4.42 Å². The highest BCUT2D eigenvalue weighted by Crippen LogP contribution is 2.34. The fourth-order valence-electron chi connectivity index (χ4n) is 3.89. The maximum atomic E-state index is 13.6. The van der Waals surface area contributed by atoms with E-state index in [0.29, 0.717) is 5.92 Å². The fraction of sp³-hybridized carbons (Fsp3) is 0.318. The van der Waals surface area contributed by atoms with Gasteiger partial charge in [0.25, 0.3) is 0 Å². The molecule has 1 saturated heterocycles. The Labute approximate surface area is 158 Å². The molecule has 1 aliphatic heterocycles. The zero-order chi connectivity index (χ0) is 18.6. The van der Waals surface area contributed by atoms with Gasteiger partial charge in [0.2, 0.25) is 0 Å². The zero-order valence-corrected chi connectivity index (χ0v) is 15.5. The Balaban J connectivity index is 1.40. The van der Waals surface area contributed by atoms with Crippen molar-refractivity contribution in [3.8, 4) is 11.1 Å². The van der Waals surface area contributed by atoms with Crippen molar-refractivity contribution in [2.75, 3.05) is 19.6 Å². The van der Waals surface area contributed by atoms with Crippen LogP contribution >= 0.6 is 0 Å². The SMILES string of the molecule is CC(=Cc1ccco1)CN1CCC(c2[nH]ncc2-c2cccc(F)c2)CC1. The number of benzene rings is 1. The quantitative estimate of drug-likeness (QED) is 0.685. The van der Waals surface area contributed by atoms with Crippen LogP contribution in [0.1, 0.15) is 37.1 Å². The average molecular weight is 365 g/mol. The van der Waals surface area contributed by atoms with Gasteiger partial charge in [0, 0.05) is 23.7 Å². The number of hydrogen-bond acceptors (Lipinski definition) is 3. The number of H-pyrrole nitrogens is 1. The van der Waals surface area contributed by atoms with E-state index in [2.05, 4.69) is 28.1 Å². The first-order chi connectivity index (χ1) is 13.2. The maximum Gasteiger partial charge on any atom is 0.126 e. The number of aromatic amines is 1. The zero-order valence-electron chi connectivity index (χ0n) is 15.5. The number of halogens is 1.